The first-order valence-electron chi connectivity index (χ1n) is 9.91. The molecule has 3 heterocycles. The number of nitrogens with one attached hydrogen (secondary N) is 1. The lowest BCUT2D eigenvalue weighted by Gasteiger charge is -2.13. The van der Waals surface area contributed by atoms with Gasteiger partial charge in [0.2, 0.25) is 0 Å². The predicted octanol–water partition coefficient (Wildman–Crippen LogP) is 3.59. The summed E-state index contributed by atoms with van der Waals surface area (Å²) in [5.74, 6) is 1.39. The van der Waals surface area contributed by atoms with E-state index in [1.54, 1.807) is 41.1 Å². The van der Waals surface area contributed by atoms with Gasteiger partial charge in [0.1, 0.15) is 18.1 Å². The number of likely N-dealkylation sites (tertiary alicyclic amines) is 1. The molecule has 8 nitrogen and oxygen atoms in total. The number of nitrogens with zero attached hydrogens (tertiary/aromatic N) is 4. The van der Waals surface area contributed by atoms with Crippen LogP contribution in [0.1, 0.15) is 39.5 Å². The number of carbonyl (C=O) groups is 2. The Morgan fingerprint density at radius 1 is 1.19 bits per heavy atom. The van der Waals surface area contributed by atoms with E-state index in [0.717, 1.165) is 25.9 Å². The van der Waals surface area contributed by atoms with Gasteiger partial charge in [-0.25, -0.2) is 0 Å². The molecule has 31 heavy (non-hydrogen) atoms. The van der Waals surface area contributed by atoms with Crippen LogP contribution in [0.4, 0.5) is 0 Å². The van der Waals surface area contributed by atoms with Gasteiger partial charge in [-0.05, 0) is 43.2 Å². The number of rotatable bonds is 8. The Balaban J connectivity index is 1.31. The number of ketones is 1. The number of Topliss-reactive ketones (excluding diaryl/α,β-unsaturated/α-hetero) is 1. The van der Waals surface area contributed by atoms with E-state index >= 15 is 0 Å². The van der Waals surface area contributed by atoms with Crippen LogP contribution in [0.3, 0.4) is 0 Å². The lowest BCUT2D eigenvalue weighted by Crippen LogP contribution is -2.27. The number of aromatic nitrogens is 4. The highest BCUT2D eigenvalue weighted by Gasteiger charge is 2.22. The SMILES string of the molecule is Cn1c(COc2ccc(Cl)cc2)nnc1SCC(=O)c1c[nH]c(C(=O)N2CCCC2)c1. The third-order valence-corrected chi connectivity index (χ3v) is 6.34. The Kier molecular flexibility index (Phi) is 6.62. The Morgan fingerprint density at radius 2 is 1.94 bits per heavy atom. The number of H-pyrrole nitrogens is 1. The number of aromatic amines is 1. The van der Waals surface area contributed by atoms with Gasteiger partial charge in [-0.15, -0.1) is 10.2 Å². The maximum Gasteiger partial charge on any atom is 0.270 e. The first kappa shape index (κ1) is 21.5. The van der Waals surface area contributed by atoms with Crippen molar-refractivity contribution in [1.29, 1.82) is 0 Å². The molecule has 0 saturated carbocycles. The second-order valence-electron chi connectivity index (χ2n) is 7.21. The summed E-state index contributed by atoms with van der Waals surface area (Å²) in [7, 11) is 1.83. The van der Waals surface area contributed by atoms with Crippen molar-refractivity contribution in [3.63, 3.8) is 0 Å². The quantitative estimate of drug-likeness (QED) is 0.408. The number of amides is 1. The molecule has 0 unspecified atom stereocenters. The van der Waals surface area contributed by atoms with Gasteiger partial charge in [-0.1, -0.05) is 23.4 Å². The lowest BCUT2D eigenvalue weighted by atomic mass is 10.2. The van der Waals surface area contributed by atoms with Crippen molar-refractivity contribution in [2.24, 2.45) is 7.05 Å². The highest BCUT2D eigenvalue weighted by molar-refractivity contribution is 7.99. The van der Waals surface area contributed by atoms with Gasteiger partial charge >= 0.3 is 0 Å². The summed E-state index contributed by atoms with van der Waals surface area (Å²) in [5, 5.41) is 9.55. The van der Waals surface area contributed by atoms with E-state index < -0.39 is 0 Å². The molecule has 0 aliphatic carbocycles. The fraction of sp³-hybridized carbons (Fsp3) is 0.333. The van der Waals surface area contributed by atoms with E-state index in [2.05, 4.69) is 15.2 Å². The summed E-state index contributed by atoms with van der Waals surface area (Å²) >= 11 is 7.17. The molecule has 3 aromatic rings. The normalized spacial score (nSPS) is 13.5. The second kappa shape index (κ2) is 9.57. The first-order valence-corrected chi connectivity index (χ1v) is 11.3. The van der Waals surface area contributed by atoms with Crippen molar-refractivity contribution in [3.8, 4) is 5.75 Å². The molecule has 1 amide bonds. The molecular formula is C21H22ClN5O3S. The zero-order valence-corrected chi connectivity index (χ0v) is 18.6. The molecule has 1 N–H and O–H groups in total. The van der Waals surface area contributed by atoms with Crippen LogP contribution in [-0.2, 0) is 13.7 Å². The van der Waals surface area contributed by atoms with Gasteiger partial charge in [0.05, 0.1) is 5.75 Å². The topological polar surface area (TPSA) is 93.1 Å². The fourth-order valence-electron chi connectivity index (χ4n) is 3.26. The van der Waals surface area contributed by atoms with Crippen LogP contribution in [0.5, 0.6) is 5.75 Å². The molecular weight excluding hydrogens is 438 g/mol. The minimum atomic E-state index is -0.0799. The number of hydrogen-bond donors (Lipinski definition) is 1. The summed E-state index contributed by atoms with van der Waals surface area (Å²) in [6, 6.07) is 8.71. The monoisotopic (exact) mass is 459 g/mol. The molecule has 2 aromatic heterocycles. The van der Waals surface area contributed by atoms with Gasteiger partial charge in [0.15, 0.2) is 16.8 Å². The highest BCUT2D eigenvalue weighted by atomic mass is 35.5. The zero-order chi connectivity index (χ0) is 21.8. The van der Waals surface area contributed by atoms with Crippen LogP contribution < -0.4 is 4.74 Å². The van der Waals surface area contributed by atoms with Crippen LogP contribution in [0.25, 0.3) is 0 Å². The number of benzene rings is 1. The van der Waals surface area contributed by atoms with Crippen molar-refractivity contribution >= 4 is 35.1 Å². The molecule has 1 fully saturated rings. The summed E-state index contributed by atoms with van der Waals surface area (Å²) in [6.45, 7) is 1.79. The maximum atomic E-state index is 12.6. The Morgan fingerprint density at radius 3 is 2.68 bits per heavy atom. The Bertz CT molecular complexity index is 1070. The molecule has 162 valence electrons. The standard InChI is InChI=1S/C21H22ClN5O3S/c1-26-19(12-30-16-6-4-15(22)5-7-16)24-25-21(26)31-13-18(28)14-10-17(23-11-14)20(29)27-8-2-3-9-27/h4-7,10-11,23H,2-3,8-9,12-13H2,1H3. The van der Waals surface area contributed by atoms with Crippen molar-refractivity contribution in [2.45, 2.75) is 24.6 Å². The maximum absolute atomic E-state index is 12.6. The lowest BCUT2D eigenvalue weighted by molar-refractivity contribution is 0.0787. The Hall–Kier alpha value is -2.78. The predicted molar refractivity (Wildman–Crippen MR) is 118 cm³/mol. The molecule has 0 atom stereocenters. The van der Waals surface area contributed by atoms with Crippen LogP contribution in [0, 0.1) is 0 Å². The first-order chi connectivity index (χ1) is 15.0. The smallest absolute Gasteiger partial charge is 0.270 e. The average Bonchev–Trinajstić information content (AvgIpc) is 3.53. The van der Waals surface area contributed by atoms with Gasteiger partial charge in [0, 0.05) is 36.9 Å². The number of ether oxygens (including phenoxy) is 1. The van der Waals surface area contributed by atoms with E-state index in [4.69, 9.17) is 16.3 Å². The van der Waals surface area contributed by atoms with Crippen LogP contribution in [0.2, 0.25) is 5.02 Å². The molecule has 0 bridgehead atoms. The molecule has 0 radical (unpaired) electrons. The third-order valence-electron chi connectivity index (χ3n) is 5.07. The van der Waals surface area contributed by atoms with E-state index in [0.29, 0.717) is 33.0 Å². The summed E-state index contributed by atoms with van der Waals surface area (Å²) in [4.78, 5) is 29.7. The van der Waals surface area contributed by atoms with Crippen molar-refractivity contribution in [2.75, 3.05) is 18.8 Å². The van der Waals surface area contributed by atoms with E-state index in [-0.39, 0.29) is 24.1 Å². The van der Waals surface area contributed by atoms with E-state index in [1.165, 1.54) is 11.8 Å². The molecule has 1 aliphatic heterocycles. The molecule has 4 rings (SSSR count). The van der Waals surface area contributed by atoms with Gasteiger partial charge in [-0.3, -0.25) is 9.59 Å². The van der Waals surface area contributed by atoms with Gasteiger partial charge in [0.25, 0.3) is 5.91 Å². The van der Waals surface area contributed by atoms with E-state index in [1.807, 2.05) is 11.9 Å². The second-order valence-corrected chi connectivity index (χ2v) is 8.59. The number of thioether (sulfide) groups is 1. The number of halogens is 1. The molecule has 1 aromatic carbocycles. The zero-order valence-electron chi connectivity index (χ0n) is 17.0. The van der Waals surface area contributed by atoms with Crippen LogP contribution in [-0.4, -0.2) is 55.2 Å². The number of hydrogen-bond acceptors (Lipinski definition) is 6. The summed E-state index contributed by atoms with van der Waals surface area (Å²) in [6.07, 6.45) is 3.65. The number of carbonyl (C=O) groups excluding carboxylic acids is 2. The minimum Gasteiger partial charge on any atom is -0.486 e. The van der Waals surface area contributed by atoms with E-state index in [9.17, 15) is 9.59 Å². The van der Waals surface area contributed by atoms with Crippen LogP contribution >= 0.6 is 23.4 Å². The third kappa shape index (κ3) is 5.11. The molecule has 1 aliphatic rings. The molecule has 10 heteroatoms. The average molecular weight is 460 g/mol. The summed E-state index contributed by atoms with van der Waals surface area (Å²) < 4.78 is 7.50. The molecule has 1 saturated heterocycles. The minimum absolute atomic E-state index is 0.0529. The van der Waals surface area contributed by atoms with Gasteiger partial charge < -0.3 is 19.2 Å². The van der Waals surface area contributed by atoms with Crippen molar-refractivity contribution in [3.05, 3.63) is 58.6 Å². The van der Waals surface area contributed by atoms with Crippen molar-refractivity contribution < 1.29 is 14.3 Å². The largest absolute Gasteiger partial charge is 0.486 e. The summed E-state index contributed by atoms with van der Waals surface area (Å²) in [5.41, 5.74) is 0.944. The fourth-order valence-corrected chi connectivity index (χ4v) is 4.21. The van der Waals surface area contributed by atoms with Crippen LogP contribution in [0.15, 0.2) is 41.7 Å². The highest BCUT2D eigenvalue weighted by Crippen LogP contribution is 2.21. The Labute approximate surface area is 188 Å². The van der Waals surface area contributed by atoms with Gasteiger partial charge in [-0.2, -0.15) is 0 Å². The van der Waals surface area contributed by atoms with Crippen molar-refractivity contribution in [1.82, 2.24) is 24.6 Å². The molecule has 0 spiro atoms.